The molecule has 0 bridgehead atoms. The fourth-order valence-electron chi connectivity index (χ4n) is 5.08. The summed E-state index contributed by atoms with van der Waals surface area (Å²) in [5.74, 6) is -1.27. The van der Waals surface area contributed by atoms with Crippen LogP contribution in [0.1, 0.15) is 25.7 Å². The number of pyridine rings is 1. The molecule has 15 heteroatoms. The van der Waals surface area contributed by atoms with Crippen LogP contribution in [0.3, 0.4) is 0 Å². The lowest BCUT2D eigenvalue weighted by Gasteiger charge is -2.42. The number of likely N-dealkylation sites (tertiary alicyclic amines) is 1. The quantitative estimate of drug-likeness (QED) is 0.334. The van der Waals surface area contributed by atoms with Crippen molar-refractivity contribution >= 4 is 66.6 Å². The molecule has 3 amide bonds. The predicted octanol–water partition coefficient (Wildman–Crippen LogP) is 4.47. The summed E-state index contributed by atoms with van der Waals surface area (Å²) in [5, 5.41) is 11.9. The molecule has 5 rings (SSSR count). The number of piperidine rings is 1. The van der Waals surface area contributed by atoms with E-state index >= 15 is 0 Å². The van der Waals surface area contributed by atoms with Gasteiger partial charge in [-0.05, 0) is 63.1 Å². The van der Waals surface area contributed by atoms with Gasteiger partial charge in [0.25, 0.3) is 5.91 Å². The molecule has 0 unspecified atom stereocenters. The average Bonchev–Trinajstić information content (AvgIpc) is 3.76. The van der Waals surface area contributed by atoms with Gasteiger partial charge in [-0.15, -0.1) is 42.3 Å². The Balaban J connectivity index is 0.00000205. The maximum Gasteiger partial charge on any atom is 0.323 e. The van der Waals surface area contributed by atoms with E-state index in [0.717, 1.165) is 39.0 Å². The van der Waals surface area contributed by atoms with Gasteiger partial charge in [-0.3, -0.25) is 19.8 Å². The maximum atomic E-state index is 14.6. The summed E-state index contributed by atoms with van der Waals surface area (Å²) in [4.78, 5) is 47.3. The van der Waals surface area contributed by atoms with Crippen molar-refractivity contribution in [2.75, 3.05) is 56.8 Å². The van der Waals surface area contributed by atoms with Gasteiger partial charge in [-0.2, -0.15) is 0 Å². The Morgan fingerprint density at radius 2 is 1.60 bits per heavy atom. The summed E-state index contributed by atoms with van der Waals surface area (Å²) < 4.78 is 20.4. The first-order chi connectivity index (χ1) is 18.7. The number of carbonyl (C=O) groups excluding carboxylic acids is 2. The van der Waals surface area contributed by atoms with Crippen LogP contribution >= 0.6 is 37.2 Å². The number of nitrogens with one attached hydrogen (secondary N) is 1. The van der Waals surface area contributed by atoms with E-state index in [4.69, 9.17) is 4.74 Å². The van der Waals surface area contributed by atoms with Crippen molar-refractivity contribution in [3.05, 3.63) is 42.6 Å². The van der Waals surface area contributed by atoms with Crippen molar-refractivity contribution in [2.24, 2.45) is 5.41 Å². The number of anilines is 2. The maximum absolute atomic E-state index is 14.6. The van der Waals surface area contributed by atoms with Gasteiger partial charge in [0, 0.05) is 57.6 Å². The van der Waals surface area contributed by atoms with Crippen molar-refractivity contribution < 1.29 is 28.7 Å². The van der Waals surface area contributed by atoms with Gasteiger partial charge < -0.3 is 19.6 Å². The van der Waals surface area contributed by atoms with E-state index < -0.39 is 17.3 Å². The SMILES string of the molecule is CN1CCN(C2CCN(C(=O)Nc3cc(Oc4ccc(N(F)C(=O)C5(C(=O)O)CC5)cc4)ccn3)CC2)CC1.Cl.Cl.Cl. The number of benzene rings is 1. The number of piperazine rings is 1. The molecule has 42 heavy (non-hydrogen) atoms. The standard InChI is InChI=1S/C27H33FN6O5.3ClH/c1-31-14-16-32(17-15-31)19-7-12-33(13-8-19)26(38)30-23-18-22(6-11-29-23)39-21-4-2-20(3-5-21)34(28)24(35)27(9-10-27)25(36)37;;;/h2-6,11,18-19H,7-10,12-17H2,1H3,(H,36,37)(H,29,30,38);3*1H. The minimum Gasteiger partial charge on any atom is -0.480 e. The van der Waals surface area contributed by atoms with E-state index in [1.807, 2.05) is 0 Å². The lowest BCUT2D eigenvalue weighted by molar-refractivity contribution is -0.149. The normalized spacial score (nSPS) is 18.4. The summed E-state index contributed by atoms with van der Waals surface area (Å²) in [7, 11) is 2.14. The summed E-state index contributed by atoms with van der Waals surface area (Å²) in [5.41, 5.74) is -1.75. The Hall–Kier alpha value is -2.90. The number of carboxylic acids is 1. The van der Waals surface area contributed by atoms with Gasteiger partial charge in [-0.25, -0.2) is 9.78 Å². The van der Waals surface area contributed by atoms with Gasteiger partial charge in [0.05, 0.1) is 5.69 Å². The second kappa shape index (κ2) is 15.0. The number of hydrogen-bond acceptors (Lipinski definition) is 7. The number of ether oxygens (including phenoxy) is 1. The number of carboxylic acid groups (broad SMARTS) is 1. The van der Waals surface area contributed by atoms with Gasteiger partial charge in [-0.1, -0.05) is 4.48 Å². The van der Waals surface area contributed by atoms with Crippen molar-refractivity contribution in [3.8, 4) is 11.5 Å². The van der Waals surface area contributed by atoms with E-state index in [1.54, 1.807) is 17.0 Å². The third-order valence-electron chi connectivity index (χ3n) is 7.82. The number of likely N-dealkylation sites (N-methyl/N-ethyl adjacent to an activating group) is 1. The number of carbonyl (C=O) groups is 3. The van der Waals surface area contributed by atoms with E-state index in [9.17, 15) is 24.0 Å². The number of nitrogens with zero attached hydrogens (tertiary/aromatic N) is 5. The Morgan fingerprint density at radius 1 is 0.976 bits per heavy atom. The molecule has 11 nitrogen and oxygen atoms in total. The van der Waals surface area contributed by atoms with E-state index in [-0.39, 0.29) is 66.9 Å². The first-order valence-corrected chi connectivity index (χ1v) is 13.2. The van der Waals surface area contributed by atoms with Crippen LogP contribution in [0.15, 0.2) is 42.6 Å². The summed E-state index contributed by atoms with van der Waals surface area (Å²) in [6, 6.07) is 9.14. The predicted molar refractivity (Wildman–Crippen MR) is 163 cm³/mol. The summed E-state index contributed by atoms with van der Waals surface area (Å²) >= 11 is 0. The molecule has 1 aliphatic carbocycles. The lowest BCUT2D eigenvalue weighted by Crippen LogP contribution is -2.53. The van der Waals surface area contributed by atoms with Crippen LogP contribution in [0, 0.1) is 5.41 Å². The van der Waals surface area contributed by atoms with E-state index in [0.29, 0.717) is 36.4 Å². The van der Waals surface area contributed by atoms with Crippen LogP contribution in [0.4, 0.5) is 20.8 Å². The molecule has 0 atom stereocenters. The molecule has 3 fully saturated rings. The van der Waals surface area contributed by atoms with Gasteiger partial charge in [0.1, 0.15) is 22.7 Å². The minimum absolute atomic E-state index is 0. The van der Waals surface area contributed by atoms with Crippen molar-refractivity contribution in [3.63, 3.8) is 0 Å². The Bertz CT molecular complexity index is 1220. The van der Waals surface area contributed by atoms with Crippen LogP contribution in [-0.2, 0) is 9.59 Å². The third kappa shape index (κ3) is 7.93. The molecular formula is C27H36Cl3FN6O5. The highest BCUT2D eigenvalue weighted by Gasteiger charge is 2.59. The highest BCUT2D eigenvalue weighted by atomic mass is 35.5. The highest BCUT2D eigenvalue weighted by Crippen LogP contribution is 2.48. The van der Waals surface area contributed by atoms with Crippen LogP contribution in [-0.4, -0.2) is 95.1 Å². The second-order valence-corrected chi connectivity index (χ2v) is 10.4. The molecule has 2 aliphatic heterocycles. The zero-order valence-corrected chi connectivity index (χ0v) is 25.6. The molecule has 2 aromatic rings. The van der Waals surface area contributed by atoms with Crippen LogP contribution in [0.2, 0.25) is 0 Å². The molecule has 0 radical (unpaired) electrons. The average molecular weight is 650 g/mol. The largest absolute Gasteiger partial charge is 0.480 e. The van der Waals surface area contributed by atoms with E-state index in [2.05, 4.69) is 27.1 Å². The zero-order valence-electron chi connectivity index (χ0n) is 23.1. The number of rotatable bonds is 7. The fraction of sp³-hybridized carbons (Fsp3) is 0.481. The van der Waals surface area contributed by atoms with Gasteiger partial charge in [0.15, 0.2) is 0 Å². The summed E-state index contributed by atoms with van der Waals surface area (Å²) in [6.07, 6.45) is 3.66. The number of aromatic nitrogens is 1. The molecular weight excluding hydrogens is 614 g/mol. The van der Waals surface area contributed by atoms with E-state index in [1.165, 1.54) is 30.5 Å². The van der Waals surface area contributed by atoms with Crippen molar-refractivity contribution in [1.29, 1.82) is 0 Å². The monoisotopic (exact) mass is 648 g/mol. The first-order valence-electron chi connectivity index (χ1n) is 13.2. The number of amides is 3. The van der Waals surface area contributed by atoms with Gasteiger partial charge >= 0.3 is 12.0 Å². The molecule has 0 spiro atoms. The number of halogens is 4. The topological polar surface area (TPSA) is 119 Å². The lowest BCUT2D eigenvalue weighted by atomic mass is 10.0. The molecule has 3 heterocycles. The van der Waals surface area contributed by atoms with Crippen molar-refractivity contribution in [2.45, 2.75) is 31.7 Å². The molecule has 232 valence electrons. The molecule has 2 saturated heterocycles. The summed E-state index contributed by atoms with van der Waals surface area (Å²) in [6.45, 7) is 5.68. The molecule has 1 aromatic heterocycles. The highest BCUT2D eigenvalue weighted by molar-refractivity contribution is 6.11. The van der Waals surface area contributed by atoms with Crippen LogP contribution in [0.5, 0.6) is 11.5 Å². The molecule has 3 aliphatic rings. The number of hydrogen-bond donors (Lipinski definition) is 2. The Kier molecular flexibility index (Phi) is 12.6. The zero-order chi connectivity index (χ0) is 27.6. The smallest absolute Gasteiger partial charge is 0.323 e. The number of urea groups is 1. The van der Waals surface area contributed by atoms with Crippen LogP contribution < -0.4 is 15.2 Å². The molecule has 2 N–H and O–H groups in total. The Morgan fingerprint density at radius 3 is 2.17 bits per heavy atom. The van der Waals surface area contributed by atoms with Crippen LogP contribution in [0.25, 0.3) is 0 Å². The third-order valence-corrected chi connectivity index (χ3v) is 7.82. The fourth-order valence-corrected chi connectivity index (χ4v) is 5.08. The number of aliphatic carboxylic acids is 1. The van der Waals surface area contributed by atoms with Crippen molar-refractivity contribution in [1.82, 2.24) is 19.7 Å². The first kappa shape index (κ1) is 35.3. The minimum atomic E-state index is -1.66. The molecule has 1 aromatic carbocycles. The Labute approximate surface area is 262 Å². The van der Waals surface area contributed by atoms with Gasteiger partial charge in [0.2, 0.25) is 0 Å². The molecule has 1 saturated carbocycles. The second-order valence-electron chi connectivity index (χ2n) is 10.4.